The Morgan fingerprint density at radius 2 is 2.25 bits per heavy atom. The lowest BCUT2D eigenvalue weighted by atomic mass is 10.1. The van der Waals surface area contributed by atoms with Gasteiger partial charge in [-0.1, -0.05) is 29.4 Å². The number of likely N-dealkylation sites (tertiary alicyclic amines) is 1. The molecule has 2 heterocycles. The summed E-state index contributed by atoms with van der Waals surface area (Å²) in [5.41, 5.74) is 1.77. The predicted octanol–water partition coefficient (Wildman–Crippen LogP) is 3.34. The second kappa shape index (κ2) is 7.45. The maximum absolute atomic E-state index is 12.9. The summed E-state index contributed by atoms with van der Waals surface area (Å²) in [7, 11) is 0. The monoisotopic (exact) mass is 325 g/mol. The summed E-state index contributed by atoms with van der Waals surface area (Å²) in [6.45, 7) is 7.46. The largest absolute Gasteiger partial charge is 0.359 e. The summed E-state index contributed by atoms with van der Waals surface area (Å²) in [5, 5.41) is 3.98. The number of carbonyl (C=O) groups is 1. The molecule has 1 amide bonds. The van der Waals surface area contributed by atoms with Crippen LogP contribution in [0.4, 0.5) is 5.69 Å². The van der Waals surface area contributed by atoms with Gasteiger partial charge >= 0.3 is 0 Å². The van der Waals surface area contributed by atoms with Crippen molar-refractivity contribution in [2.75, 3.05) is 24.5 Å². The molecule has 0 saturated carbocycles. The van der Waals surface area contributed by atoms with Crippen LogP contribution in [0.25, 0.3) is 0 Å². The first-order valence-corrected chi connectivity index (χ1v) is 8.32. The van der Waals surface area contributed by atoms with E-state index in [1.54, 1.807) is 11.0 Å². The minimum absolute atomic E-state index is 0.0734. The molecule has 0 aliphatic carbocycles. The summed E-state index contributed by atoms with van der Waals surface area (Å²) in [6, 6.07) is 11.8. The van der Waals surface area contributed by atoms with Crippen molar-refractivity contribution in [1.29, 1.82) is 0 Å². The lowest BCUT2D eigenvalue weighted by Gasteiger charge is -2.27. The summed E-state index contributed by atoms with van der Waals surface area (Å²) < 4.78 is 5.42. The average molecular weight is 325 g/mol. The van der Waals surface area contributed by atoms with E-state index < -0.39 is 0 Å². The van der Waals surface area contributed by atoms with Crippen LogP contribution in [-0.4, -0.2) is 35.6 Å². The minimum atomic E-state index is 0.0734. The summed E-state index contributed by atoms with van der Waals surface area (Å²) >= 11 is 0. The topological polar surface area (TPSA) is 49.6 Å². The Morgan fingerprint density at radius 1 is 1.46 bits per heavy atom. The molecule has 0 spiro atoms. The SMILES string of the molecule is C=CCN(C(=O)CN1CCCC1c1cc(C)no1)c1ccccc1. The third kappa shape index (κ3) is 3.57. The Morgan fingerprint density at radius 3 is 2.92 bits per heavy atom. The molecule has 1 aliphatic heterocycles. The zero-order chi connectivity index (χ0) is 16.9. The van der Waals surface area contributed by atoms with Gasteiger partial charge in [-0.2, -0.15) is 0 Å². The lowest BCUT2D eigenvalue weighted by molar-refractivity contribution is -0.119. The van der Waals surface area contributed by atoms with Crippen LogP contribution in [-0.2, 0) is 4.79 Å². The molecule has 1 saturated heterocycles. The first-order valence-electron chi connectivity index (χ1n) is 8.32. The summed E-state index contributed by atoms with van der Waals surface area (Å²) in [4.78, 5) is 16.8. The second-order valence-electron chi connectivity index (χ2n) is 6.13. The summed E-state index contributed by atoms with van der Waals surface area (Å²) in [5.74, 6) is 0.928. The molecule has 1 aromatic carbocycles. The van der Waals surface area contributed by atoms with Gasteiger partial charge in [0, 0.05) is 18.3 Å². The Bertz CT molecular complexity index is 696. The zero-order valence-electron chi connectivity index (χ0n) is 14.0. The summed E-state index contributed by atoms with van der Waals surface area (Å²) in [6.07, 6.45) is 3.81. The van der Waals surface area contributed by atoms with Crippen LogP contribution in [0.5, 0.6) is 0 Å². The molecular formula is C19H23N3O2. The van der Waals surface area contributed by atoms with Crippen LogP contribution >= 0.6 is 0 Å². The maximum Gasteiger partial charge on any atom is 0.241 e. The molecule has 2 aromatic rings. The molecule has 24 heavy (non-hydrogen) atoms. The Kier molecular flexibility index (Phi) is 5.11. The highest BCUT2D eigenvalue weighted by atomic mass is 16.5. The first-order chi connectivity index (χ1) is 11.7. The van der Waals surface area contributed by atoms with Crippen molar-refractivity contribution in [2.45, 2.75) is 25.8 Å². The molecular weight excluding hydrogens is 302 g/mol. The third-order valence-electron chi connectivity index (χ3n) is 4.36. The van der Waals surface area contributed by atoms with E-state index in [0.717, 1.165) is 36.5 Å². The molecule has 0 radical (unpaired) electrons. The van der Waals surface area contributed by atoms with Crippen LogP contribution in [0.2, 0.25) is 0 Å². The molecule has 5 heteroatoms. The van der Waals surface area contributed by atoms with E-state index in [4.69, 9.17) is 4.52 Å². The van der Waals surface area contributed by atoms with E-state index in [2.05, 4.69) is 16.6 Å². The second-order valence-corrected chi connectivity index (χ2v) is 6.13. The maximum atomic E-state index is 12.9. The standard InChI is InChI=1S/C19H23N3O2/c1-3-11-22(16-8-5-4-6-9-16)19(23)14-21-12-7-10-17(21)18-13-15(2)20-24-18/h3-6,8-9,13,17H,1,7,10-12,14H2,2H3. The number of nitrogens with zero attached hydrogens (tertiary/aromatic N) is 3. The van der Waals surface area contributed by atoms with Crippen LogP contribution in [0.15, 0.2) is 53.6 Å². The van der Waals surface area contributed by atoms with Crippen LogP contribution in [0.1, 0.15) is 30.3 Å². The molecule has 1 atom stereocenters. The van der Waals surface area contributed by atoms with Crippen LogP contribution in [0, 0.1) is 6.92 Å². The fourth-order valence-corrected chi connectivity index (χ4v) is 3.23. The van der Waals surface area contributed by atoms with Crippen molar-refractivity contribution in [3.8, 4) is 0 Å². The number of amides is 1. The smallest absolute Gasteiger partial charge is 0.241 e. The molecule has 1 unspecified atom stereocenters. The van der Waals surface area contributed by atoms with E-state index in [-0.39, 0.29) is 11.9 Å². The van der Waals surface area contributed by atoms with Crippen molar-refractivity contribution < 1.29 is 9.32 Å². The van der Waals surface area contributed by atoms with Gasteiger partial charge in [-0.3, -0.25) is 9.69 Å². The number of carbonyl (C=O) groups excluding carboxylic acids is 1. The molecule has 0 bridgehead atoms. The number of benzene rings is 1. The molecule has 1 aromatic heterocycles. The fourth-order valence-electron chi connectivity index (χ4n) is 3.23. The first kappa shape index (κ1) is 16.5. The van der Waals surface area contributed by atoms with Crippen LogP contribution < -0.4 is 4.90 Å². The van der Waals surface area contributed by atoms with Gasteiger partial charge in [0.25, 0.3) is 0 Å². The zero-order valence-corrected chi connectivity index (χ0v) is 14.0. The lowest BCUT2D eigenvalue weighted by Crippen LogP contribution is -2.40. The quantitative estimate of drug-likeness (QED) is 0.764. The number of hydrogen-bond acceptors (Lipinski definition) is 4. The van der Waals surface area contributed by atoms with Gasteiger partial charge < -0.3 is 9.42 Å². The van der Waals surface area contributed by atoms with Gasteiger partial charge in [0.1, 0.15) is 0 Å². The van der Waals surface area contributed by atoms with Crippen molar-refractivity contribution in [3.63, 3.8) is 0 Å². The van der Waals surface area contributed by atoms with Gasteiger partial charge in [0.2, 0.25) is 5.91 Å². The Labute approximate surface area is 142 Å². The van der Waals surface area contributed by atoms with E-state index in [1.807, 2.05) is 43.3 Å². The number of hydrogen-bond donors (Lipinski definition) is 0. The van der Waals surface area contributed by atoms with E-state index >= 15 is 0 Å². The number of aryl methyl sites for hydroxylation is 1. The molecule has 5 nitrogen and oxygen atoms in total. The fraction of sp³-hybridized carbons (Fsp3) is 0.368. The van der Waals surface area contributed by atoms with Gasteiger partial charge in [0.05, 0.1) is 18.3 Å². The average Bonchev–Trinajstić information content (AvgIpc) is 3.22. The normalized spacial score (nSPS) is 17.8. The molecule has 1 aliphatic rings. The molecule has 1 fully saturated rings. The highest BCUT2D eigenvalue weighted by Gasteiger charge is 2.31. The van der Waals surface area contributed by atoms with Gasteiger partial charge in [-0.05, 0) is 38.4 Å². The van der Waals surface area contributed by atoms with Crippen molar-refractivity contribution in [1.82, 2.24) is 10.1 Å². The third-order valence-corrected chi connectivity index (χ3v) is 4.36. The van der Waals surface area contributed by atoms with Gasteiger partial charge in [-0.25, -0.2) is 0 Å². The minimum Gasteiger partial charge on any atom is -0.359 e. The van der Waals surface area contributed by atoms with Gasteiger partial charge in [-0.15, -0.1) is 6.58 Å². The highest BCUT2D eigenvalue weighted by molar-refractivity contribution is 5.95. The van der Waals surface area contributed by atoms with E-state index in [9.17, 15) is 4.79 Å². The van der Waals surface area contributed by atoms with E-state index in [1.165, 1.54) is 0 Å². The Hall–Kier alpha value is -2.40. The van der Waals surface area contributed by atoms with Gasteiger partial charge in [0.15, 0.2) is 5.76 Å². The van der Waals surface area contributed by atoms with Crippen molar-refractivity contribution >= 4 is 11.6 Å². The van der Waals surface area contributed by atoms with Crippen molar-refractivity contribution in [2.24, 2.45) is 0 Å². The van der Waals surface area contributed by atoms with Crippen molar-refractivity contribution in [3.05, 3.63) is 60.5 Å². The number of rotatable bonds is 6. The Balaban J connectivity index is 1.73. The van der Waals surface area contributed by atoms with Crippen LogP contribution in [0.3, 0.4) is 0 Å². The molecule has 126 valence electrons. The number of anilines is 1. The predicted molar refractivity (Wildman–Crippen MR) is 93.8 cm³/mol. The number of aromatic nitrogens is 1. The molecule has 0 N–H and O–H groups in total. The highest BCUT2D eigenvalue weighted by Crippen LogP contribution is 2.32. The van der Waals surface area contributed by atoms with E-state index in [0.29, 0.717) is 13.1 Å². The number of para-hydroxylation sites is 1. The molecule has 3 rings (SSSR count).